The zero-order valence-corrected chi connectivity index (χ0v) is 8.98. The molecule has 0 spiro atoms. The number of carbonyl (C=O) groups excluding carboxylic acids is 1. The minimum atomic E-state index is 0.694. The van der Waals surface area contributed by atoms with Gasteiger partial charge >= 0.3 is 0 Å². The number of aldehydes is 1. The summed E-state index contributed by atoms with van der Waals surface area (Å²) < 4.78 is 5.28. The Morgan fingerprint density at radius 3 is 2.47 bits per heavy atom. The van der Waals surface area contributed by atoms with E-state index in [-0.39, 0.29) is 0 Å². The van der Waals surface area contributed by atoms with Crippen LogP contribution in [0.3, 0.4) is 0 Å². The summed E-state index contributed by atoms with van der Waals surface area (Å²) >= 11 is 0. The summed E-state index contributed by atoms with van der Waals surface area (Å²) in [6, 6.07) is 7.37. The minimum absolute atomic E-state index is 0.694. The summed E-state index contributed by atoms with van der Waals surface area (Å²) in [5.74, 6) is 0. The molecule has 0 aliphatic heterocycles. The van der Waals surface area contributed by atoms with Gasteiger partial charge in [0.25, 0.3) is 0 Å². The number of hydrogen-bond donors (Lipinski definition) is 0. The van der Waals surface area contributed by atoms with Crippen LogP contribution >= 0.6 is 0 Å². The first-order chi connectivity index (χ1) is 7.36. The van der Waals surface area contributed by atoms with Crippen LogP contribution in [-0.2, 0) is 4.74 Å². The van der Waals surface area contributed by atoms with Crippen molar-refractivity contribution in [1.82, 2.24) is 0 Å². The monoisotopic (exact) mass is 204 g/mol. The average molecular weight is 204 g/mol. The molecule has 0 amide bonds. The van der Waals surface area contributed by atoms with E-state index in [1.807, 2.05) is 18.2 Å². The largest absolute Gasteiger partial charge is 0.501 e. The molecule has 0 fully saturated rings. The van der Waals surface area contributed by atoms with E-state index in [9.17, 15) is 4.79 Å². The summed E-state index contributed by atoms with van der Waals surface area (Å²) in [6.45, 7) is 2.89. The van der Waals surface area contributed by atoms with E-state index in [2.05, 4.69) is 6.92 Å². The van der Waals surface area contributed by atoms with Crippen molar-refractivity contribution in [1.29, 1.82) is 0 Å². The molecule has 0 N–H and O–H groups in total. The first-order valence-corrected chi connectivity index (χ1v) is 5.20. The highest BCUT2D eigenvalue weighted by atomic mass is 16.5. The summed E-state index contributed by atoms with van der Waals surface area (Å²) in [5, 5.41) is 0. The van der Waals surface area contributed by atoms with Crippen LogP contribution in [0.15, 0.2) is 30.5 Å². The molecule has 2 nitrogen and oxygen atoms in total. The fourth-order valence-corrected chi connectivity index (χ4v) is 1.11. The normalized spacial score (nSPS) is 10.5. The number of rotatable bonds is 6. The van der Waals surface area contributed by atoms with E-state index in [4.69, 9.17) is 4.74 Å². The zero-order chi connectivity index (χ0) is 10.9. The molecule has 0 radical (unpaired) electrons. The number of hydrogen-bond acceptors (Lipinski definition) is 2. The number of carbonyl (C=O) groups is 1. The topological polar surface area (TPSA) is 26.3 Å². The lowest BCUT2D eigenvalue weighted by atomic mass is 10.1. The molecule has 0 saturated carbocycles. The van der Waals surface area contributed by atoms with Gasteiger partial charge in [-0.3, -0.25) is 4.79 Å². The number of benzene rings is 1. The quantitative estimate of drug-likeness (QED) is 0.404. The second-order valence-electron chi connectivity index (χ2n) is 3.31. The van der Waals surface area contributed by atoms with Crippen molar-refractivity contribution >= 4 is 12.4 Å². The van der Waals surface area contributed by atoms with E-state index in [1.165, 1.54) is 0 Å². The van der Waals surface area contributed by atoms with Crippen LogP contribution in [0.1, 0.15) is 35.7 Å². The fraction of sp³-hybridized carbons (Fsp3) is 0.308. The SMILES string of the molecule is CCCCO/C=C/c1ccc(C=O)cc1. The third-order valence-corrected chi connectivity index (χ3v) is 2.05. The lowest BCUT2D eigenvalue weighted by Gasteiger charge is -1.98. The lowest BCUT2D eigenvalue weighted by Crippen LogP contribution is -1.85. The Labute approximate surface area is 90.6 Å². The molecule has 0 atom stereocenters. The van der Waals surface area contributed by atoms with Crippen LogP contribution in [0.5, 0.6) is 0 Å². The van der Waals surface area contributed by atoms with Crippen LogP contribution in [-0.4, -0.2) is 12.9 Å². The second-order valence-corrected chi connectivity index (χ2v) is 3.31. The Bertz CT molecular complexity index is 312. The Kier molecular flexibility index (Phi) is 5.23. The van der Waals surface area contributed by atoms with E-state index >= 15 is 0 Å². The summed E-state index contributed by atoms with van der Waals surface area (Å²) in [5.41, 5.74) is 1.73. The highest BCUT2D eigenvalue weighted by Crippen LogP contribution is 2.04. The maximum atomic E-state index is 10.4. The van der Waals surface area contributed by atoms with Gasteiger partial charge < -0.3 is 4.74 Å². The van der Waals surface area contributed by atoms with Crippen molar-refractivity contribution in [2.75, 3.05) is 6.61 Å². The molecule has 0 aromatic heterocycles. The summed E-state index contributed by atoms with van der Waals surface area (Å²) in [7, 11) is 0. The third-order valence-electron chi connectivity index (χ3n) is 2.05. The van der Waals surface area contributed by atoms with Gasteiger partial charge in [-0.1, -0.05) is 37.6 Å². The molecule has 0 heterocycles. The average Bonchev–Trinajstić information content (AvgIpc) is 2.30. The Balaban J connectivity index is 2.39. The Morgan fingerprint density at radius 1 is 1.20 bits per heavy atom. The molecular formula is C13H16O2. The molecule has 15 heavy (non-hydrogen) atoms. The highest BCUT2D eigenvalue weighted by molar-refractivity contribution is 5.75. The molecule has 80 valence electrons. The predicted molar refractivity (Wildman–Crippen MR) is 61.7 cm³/mol. The molecule has 0 aliphatic carbocycles. The van der Waals surface area contributed by atoms with Crippen molar-refractivity contribution in [3.8, 4) is 0 Å². The van der Waals surface area contributed by atoms with Crippen molar-refractivity contribution in [2.24, 2.45) is 0 Å². The van der Waals surface area contributed by atoms with Gasteiger partial charge in [-0.25, -0.2) is 0 Å². The third kappa shape index (κ3) is 4.45. The van der Waals surface area contributed by atoms with Gasteiger partial charge in [-0.15, -0.1) is 0 Å². The molecule has 1 aromatic carbocycles. The van der Waals surface area contributed by atoms with Gasteiger partial charge in [0.05, 0.1) is 12.9 Å². The van der Waals surface area contributed by atoms with E-state index < -0.39 is 0 Å². The summed E-state index contributed by atoms with van der Waals surface area (Å²) in [4.78, 5) is 10.4. The highest BCUT2D eigenvalue weighted by Gasteiger charge is 1.89. The van der Waals surface area contributed by atoms with Crippen LogP contribution in [0.2, 0.25) is 0 Å². The van der Waals surface area contributed by atoms with E-state index in [1.54, 1.807) is 18.4 Å². The van der Waals surface area contributed by atoms with Crippen molar-refractivity contribution in [3.63, 3.8) is 0 Å². The Hall–Kier alpha value is -1.57. The maximum Gasteiger partial charge on any atom is 0.150 e. The van der Waals surface area contributed by atoms with Crippen LogP contribution in [0, 0.1) is 0 Å². The zero-order valence-electron chi connectivity index (χ0n) is 8.98. The van der Waals surface area contributed by atoms with Crippen LogP contribution in [0.25, 0.3) is 6.08 Å². The van der Waals surface area contributed by atoms with Crippen LogP contribution < -0.4 is 0 Å². The number of ether oxygens (including phenoxy) is 1. The molecule has 2 heteroatoms. The van der Waals surface area contributed by atoms with E-state index in [0.29, 0.717) is 5.56 Å². The lowest BCUT2D eigenvalue weighted by molar-refractivity contribution is 0.112. The maximum absolute atomic E-state index is 10.4. The first kappa shape index (κ1) is 11.5. The van der Waals surface area contributed by atoms with Gasteiger partial charge in [0, 0.05) is 5.56 Å². The molecule has 0 unspecified atom stereocenters. The number of unbranched alkanes of at least 4 members (excludes halogenated alkanes) is 1. The predicted octanol–water partition coefficient (Wildman–Crippen LogP) is 3.29. The standard InChI is InChI=1S/C13H16O2/c1-2-3-9-15-10-8-12-4-6-13(11-14)7-5-12/h4-8,10-11H,2-3,9H2,1H3/b10-8+. The van der Waals surface area contributed by atoms with Gasteiger partial charge in [0.15, 0.2) is 0 Å². The van der Waals surface area contributed by atoms with Crippen molar-refractivity contribution < 1.29 is 9.53 Å². The Morgan fingerprint density at radius 2 is 1.87 bits per heavy atom. The molecule has 1 aromatic rings. The summed E-state index contributed by atoms with van der Waals surface area (Å²) in [6.07, 6.45) is 6.65. The van der Waals surface area contributed by atoms with Gasteiger partial charge in [-0.05, 0) is 18.1 Å². The van der Waals surface area contributed by atoms with Crippen LogP contribution in [0.4, 0.5) is 0 Å². The van der Waals surface area contributed by atoms with Gasteiger partial charge in [-0.2, -0.15) is 0 Å². The molecule has 0 saturated heterocycles. The van der Waals surface area contributed by atoms with E-state index in [0.717, 1.165) is 31.3 Å². The van der Waals surface area contributed by atoms with Gasteiger partial charge in [0.1, 0.15) is 6.29 Å². The first-order valence-electron chi connectivity index (χ1n) is 5.20. The van der Waals surface area contributed by atoms with Crippen molar-refractivity contribution in [2.45, 2.75) is 19.8 Å². The second kappa shape index (κ2) is 6.82. The molecule has 1 rings (SSSR count). The van der Waals surface area contributed by atoms with Crippen molar-refractivity contribution in [3.05, 3.63) is 41.7 Å². The smallest absolute Gasteiger partial charge is 0.150 e. The van der Waals surface area contributed by atoms with Gasteiger partial charge in [0.2, 0.25) is 0 Å². The molecule has 0 bridgehead atoms. The fourth-order valence-electron chi connectivity index (χ4n) is 1.11. The molecular weight excluding hydrogens is 188 g/mol. The molecule has 0 aliphatic rings. The minimum Gasteiger partial charge on any atom is -0.501 e.